The van der Waals surface area contributed by atoms with Crippen LogP contribution in [0, 0.1) is 0 Å². The topological polar surface area (TPSA) is 149 Å². The number of piperidine rings is 1. The quantitative estimate of drug-likeness (QED) is 0.221. The van der Waals surface area contributed by atoms with Gasteiger partial charge in [0.25, 0.3) is 0 Å². The van der Waals surface area contributed by atoms with Gasteiger partial charge in [0.1, 0.15) is 5.54 Å². The number of carbonyl (C=O) groups excluding carboxylic acids is 1. The van der Waals surface area contributed by atoms with Gasteiger partial charge in [0.15, 0.2) is 17.5 Å². The summed E-state index contributed by atoms with van der Waals surface area (Å²) in [6, 6.07) is 8.35. The van der Waals surface area contributed by atoms with E-state index in [9.17, 15) is 13.2 Å². The second kappa shape index (κ2) is 11.8. The Morgan fingerprint density at radius 1 is 1.11 bits per heavy atom. The highest BCUT2D eigenvalue weighted by Gasteiger charge is 2.46. The molecular formula is C25H37N5O5S. The van der Waals surface area contributed by atoms with Crippen LogP contribution in [-0.4, -0.2) is 64.6 Å². The van der Waals surface area contributed by atoms with Gasteiger partial charge in [-0.05, 0) is 67.1 Å². The largest absolute Gasteiger partial charge is 0.493 e. The van der Waals surface area contributed by atoms with E-state index in [4.69, 9.17) is 20.9 Å². The van der Waals surface area contributed by atoms with Crippen molar-refractivity contribution in [3.8, 4) is 11.5 Å². The molecule has 1 atom stereocenters. The third-order valence-electron chi connectivity index (χ3n) is 6.52. The third-order valence-corrected chi connectivity index (χ3v) is 8.05. The summed E-state index contributed by atoms with van der Waals surface area (Å²) in [4.78, 5) is 19.5. The van der Waals surface area contributed by atoms with E-state index in [1.807, 2.05) is 0 Å². The second-order valence-corrected chi connectivity index (χ2v) is 10.7. The number of carbonyl (C=O) groups is 1. The molecule has 1 aliphatic heterocycles. The van der Waals surface area contributed by atoms with Crippen LogP contribution in [0.15, 0.2) is 40.2 Å². The van der Waals surface area contributed by atoms with Crippen molar-refractivity contribution < 1.29 is 22.7 Å². The number of nitrogens with zero attached hydrogens (tertiary/aromatic N) is 2. The van der Waals surface area contributed by atoms with E-state index in [1.165, 1.54) is 13.2 Å². The molecule has 3 rings (SSSR count). The summed E-state index contributed by atoms with van der Waals surface area (Å²) in [6.45, 7) is 3.59. The highest BCUT2D eigenvalue weighted by atomic mass is 32.2. The third kappa shape index (κ3) is 6.19. The number of fused-ring (bicyclic) bond motifs is 1. The van der Waals surface area contributed by atoms with Gasteiger partial charge < -0.3 is 25.8 Å². The van der Waals surface area contributed by atoms with E-state index in [1.54, 1.807) is 36.3 Å². The van der Waals surface area contributed by atoms with Crippen molar-refractivity contribution in [1.82, 2.24) is 9.62 Å². The number of guanidine groups is 1. The van der Waals surface area contributed by atoms with E-state index < -0.39 is 15.6 Å². The molecule has 2 aromatic rings. The molecule has 11 heteroatoms. The van der Waals surface area contributed by atoms with Crippen molar-refractivity contribution in [3.63, 3.8) is 0 Å². The van der Waals surface area contributed by atoms with E-state index in [2.05, 4.69) is 16.6 Å². The summed E-state index contributed by atoms with van der Waals surface area (Å²) in [6.07, 6.45) is 3.67. The van der Waals surface area contributed by atoms with Gasteiger partial charge >= 0.3 is 0 Å². The molecule has 2 aromatic carbocycles. The molecule has 36 heavy (non-hydrogen) atoms. The molecule has 1 fully saturated rings. The number of unbranched alkanes of at least 4 members (excludes halogenated alkanes) is 1. The Morgan fingerprint density at radius 2 is 1.81 bits per heavy atom. The van der Waals surface area contributed by atoms with Crippen molar-refractivity contribution in [3.05, 3.63) is 30.3 Å². The number of aliphatic imine (C=N–C) groups is 1. The van der Waals surface area contributed by atoms with Crippen molar-refractivity contribution in [2.24, 2.45) is 16.5 Å². The number of nitrogens with one attached hydrogen (secondary N) is 1. The van der Waals surface area contributed by atoms with Crippen LogP contribution in [0.3, 0.4) is 0 Å². The molecule has 1 heterocycles. The van der Waals surface area contributed by atoms with Crippen LogP contribution in [0.1, 0.15) is 45.4 Å². The monoisotopic (exact) mass is 519 g/mol. The van der Waals surface area contributed by atoms with Gasteiger partial charge in [-0.2, -0.15) is 4.72 Å². The first-order valence-corrected chi connectivity index (χ1v) is 13.7. The first-order valence-electron chi connectivity index (χ1n) is 12.2. The van der Waals surface area contributed by atoms with Crippen molar-refractivity contribution in [2.75, 3.05) is 33.9 Å². The fraction of sp³-hybridized carbons (Fsp3) is 0.520. The molecule has 1 aliphatic rings. The molecule has 0 aliphatic carbocycles. The van der Waals surface area contributed by atoms with Gasteiger partial charge in [0, 0.05) is 19.6 Å². The van der Waals surface area contributed by atoms with Crippen LogP contribution < -0.4 is 25.7 Å². The number of sulfonamides is 1. The summed E-state index contributed by atoms with van der Waals surface area (Å²) in [5.41, 5.74) is 9.62. The molecule has 10 nitrogen and oxygen atoms in total. The summed E-state index contributed by atoms with van der Waals surface area (Å²) in [7, 11) is -0.960. The van der Waals surface area contributed by atoms with Crippen LogP contribution in [0.4, 0.5) is 0 Å². The molecule has 0 spiro atoms. The Kier molecular flexibility index (Phi) is 9.02. The Balaban J connectivity index is 1.95. The summed E-state index contributed by atoms with van der Waals surface area (Å²) < 4.78 is 40.8. The highest BCUT2D eigenvalue weighted by molar-refractivity contribution is 7.89. The van der Waals surface area contributed by atoms with Crippen LogP contribution in [0.5, 0.6) is 11.5 Å². The Hall–Kier alpha value is -3.05. The maximum absolute atomic E-state index is 13.6. The lowest BCUT2D eigenvalue weighted by Crippen LogP contribution is -2.62. The average Bonchev–Trinajstić information content (AvgIpc) is 2.86. The van der Waals surface area contributed by atoms with Crippen molar-refractivity contribution in [1.29, 1.82) is 0 Å². The Labute approximate surface area is 213 Å². The number of hydrogen-bond donors (Lipinski definition) is 3. The number of amides is 1. The fourth-order valence-corrected chi connectivity index (χ4v) is 6.10. The molecule has 198 valence electrons. The summed E-state index contributed by atoms with van der Waals surface area (Å²) in [5, 5.41) is 1.48. The maximum atomic E-state index is 13.6. The fourth-order valence-electron chi connectivity index (χ4n) is 4.65. The lowest BCUT2D eigenvalue weighted by molar-refractivity contribution is -0.141. The minimum absolute atomic E-state index is 0.0348. The first-order chi connectivity index (χ1) is 17.2. The number of hydrogen-bond acceptors (Lipinski definition) is 6. The first kappa shape index (κ1) is 27.5. The molecule has 0 radical (unpaired) electrons. The number of benzene rings is 2. The lowest BCUT2D eigenvalue weighted by atomic mass is 9.84. The van der Waals surface area contributed by atoms with Crippen LogP contribution >= 0.6 is 0 Å². The van der Waals surface area contributed by atoms with Crippen molar-refractivity contribution in [2.45, 2.75) is 55.9 Å². The average molecular weight is 520 g/mol. The standard InChI is InChI=1S/C25H37N5O5S/c1-4-5-13-30-14-7-11-25(23(30)31,10-6-12-28-24(26)27)29-36(32,33)20-9-8-18-16-21(34-2)22(35-3)17-19(18)15-20/h8-9,15-17,29H,4-7,10-14H2,1-3H3,(H4,26,27,28). The summed E-state index contributed by atoms with van der Waals surface area (Å²) >= 11 is 0. The Bertz CT molecular complexity index is 1210. The molecule has 1 saturated heterocycles. The van der Waals surface area contributed by atoms with E-state index in [-0.39, 0.29) is 16.8 Å². The lowest BCUT2D eigenvalue weighted by Gasteiger charge is -2.42. The van der Waals surface area contributed by atoms with Gasteiger partial charge in [-0.15, -0.1) is 0 Å². The summed E-state index contributed by atoms with van der Waals surface area (Å²) in [5.74, 6) is 0.825. The number of likely N-dealkylation sites (tertiary alicyclic amines) is 1. The Morgan fingerprint density at radius 3 is 2.44 bits per heavy atom. The molecule has 0 aromatic heterocycles. The van der Waals surface area contributed by atoms with Gasteiger partial charge in [0.2, 0.25) is 15.9 Å². The SMILES string of the molecule is CCCCN1CCCC(CCCN=C(N)N)(NS(=O)(=O)c2ccc3cc(OC)c(OC)cc3c2)C1=O. The highest BCUT2D eigenvalue weighted by Crippen LogP contribution is 2.34. The predicted octanol–water partition coefficient (Wildman–Crippen LogP) is 2.35. The van der Waals surface area contributed by atoms with Crippen LogP contribution in [0.25, 0.3) is 10.8 Å². The molecule has 0 bridgehead atoms. The van der Waals surface area contributed by atoms with Gasteiger partial charge in [-0.25, -0.2) is 8.42 Å². The zero-order valence-corrected chi connectivity index (χ0v) is 22.1. The zero-order chi connectivity index (χ0) is 26.3. The number of nitrogens with two attached hydrogens (primary N) is 2. The smallest absolute Gasteiger partial charge is 0.243 e. The van der Waals surface area contributed by atoms with Gasteiger partial charge in [-0.1, -0.05) is 19.4 Å². The van der Waals surface area contributed by atoms with E-state index >= 15 is 0 Å². The normalized spacial score (nSPS) is 18.3. The number of ether oxygens (including phenoxy) is 2. The number of rotatable bonds is 12. The van der Waals surface area contributed by atoms with Crippen LogP contribution in [-0.2, 0) is 14.8 Å². The maximum Gasteiger partial charge on any atom is 0.243 e. The zero-order valence-electron chi connectivity index (χ0n) is 21.2. The molecule has 1 unspecified atom stereocenters. The minimum Gasteiger partial charge on any atom is -0.493 e. The molecule has 5 N–H and O–H groups in total. The predicted molar refractivity (Wildman–Crippen MR) is 141 cm³/mol. The van der Waals surface area contributed by atoms with Gasteiger partial charge in [-0.3, -0.25) is 9.79 Å². The molecule has 0 saturated carbocycles. The second-order valence-electron chi connectivity index (χ2n) is 9.06. The van der Waals surface area contributed by atoms with E-state index in [0.717, 1.165) is 18.2 Å². The molecular weight excluding hydrogens is 482 g/mol. The van der Waals surface area contributed by atoms with Gasteiger partial charge in [0.05, 0.1) is 19.1 Å². The number of methoxy groups -OCH3 is 2. The minimum atomic E-state index is -4.03. The van der Waals surface area contributed by atoms with Crippen molar-refractivity contribution >= 4 is 32.7 Å². The molecule has 1 amide bonds. The van der Waals surface area contributed by atoms with Crippen LogP contribution in [0.2, 0.25) is 0 Å². The van der Waals surface area contributed by atoms with E-state index in [0.29, 0.717) is 62.2 Å².